The van der Waals surface area contributed by atoms with Crippen LogP contribution >= 0.6 is 0 Å². The fraction of sp³-hybridized carbons (Fsp3) is 0.364. The van der Waals surface area contributed by atoms with E-state index in [4.69, 9.17) is 5.73 Å². The van der Waals surface area contributed by atoms with Gasteiger partial charge < -0.3 is 0 Å². The number of guanidine groups is 1. The molecule has 14 heavy (non-hydrogen) atoms. The van der Waals surface area contributed by atoms with Gasteiger partial charge in [-0.3, -0.25) is 10.7 Å². The zero-order valence-electron chi connectivity index (χ0n) is 8.59. The summed E-state index contributed by atoms with van der Waals surface area (Å²) in [6.07, 6.45) is 2.31. The molecule has 1 aromatic rings. The van der Waals surface area contributed by atoms with Crippen LogP contribution in [-0.4, -0.2) is 12.5 Å². The van der Waals surface area contributed by atoms with Gasteiger partial charge in [0.1, 0.15) is 0 Å². The van der Waals surface area contributed by atoms with E-state index in [-0.39, 0.29) is 0 Å². The highest BCUT2D eigenvalue weighted by molar-refractivity contribution is 5.87. The van der Waals surface area contributed by atoms with Crippen molar-refractivity contribution in [2.45, 2.75) is 19.8 Å². The maximum absolute atomic E-state index is 5.74. The third-order valence-corrected chi connectivity index (χ3v) is 1.90. The summed E-state index contributed by atoms with van der Waals surface area (Å²) in [5, 5.41) is 3.08. The Bertz CT molecular complexity index is 280. The Hall–Kier alpha value is -1.51. The zero-order chi connectivity index (χ0) is 10.2. The molecule has 0 unspecified atom stereocenters. The maximum atomic E-state index is 5.74. The predicted octanol–water partition coefficient (Wildman–Crippen LogP) is 0.294. The van der Waals surface area contributed by atoms with Gasteiger partial charge in [-0.1, -0.05) is 31.5 Å². The van der Waals surface area contributed by atoms with Crippen molar-refractivity contribution in [3.05, 3.63) is 30.3 Å². The second kappa shape index (κ2) is 6.02. The average Bonchev–Trinajstić information content (AvgIpc) is 2.20. The second-order valence-corrected chi connectivity index (χ2v) is 3.19. The Balaban J connectivity index is 2.40. The van der Waals surface area contributed by atoms with Gasteiger partial charge in [-0.2, -0.15) is 0 Å². The van der Waals surface area contributed by atoms with Crippen molar-refractivity contribution >= 4 is 11.6 Å². The van der Waals surface area contributed by atoms with Gasteiger partial charge >= 0.3 is 5.96 Å². The standard InChI is InChI=1S/C11H17N3/c1-2-3-9-13-11(12)14-10-7-5-4-6-8-10/h4-8H,2-3,9H2,1H3,(H3,12,13,14)/p+1. The lowest BCUT2D eigenvalue weighted by Crippen LogP contribution is -2.77. The first-order valence-electron chi connectivity index (χ1n) is 5.01. The van der Waals surface area contributed by atoms with Crippen molar-refractivity contribution in [3.8, 4) is 0 Å². The zero-order valence-corrected chi connectivity index (χ0v) is 8.59. The van der Waals surface area contributed by atoms with Crippen molar-refractivity contribution in [3.63, 3.8) is 0 Å². The number of rotatable bonds is 4. The van der Waals surface area contributed by atoms with Crippen LogP contribution in [0.1, 0.15) is 19.8 Å². The van der Waals surface area contributed by atoms with E-state index in [1.54, 1.807) is 0 Å². The van der Waals surface area contributed by atoms with Crippen LogP contribution in [0, 0.1) is 0 Å². The van der Waals surface area contributed by atoms with Crippen LogP contribution in [0.25, 0.3) is 0 Å². The Labute approximate surface area is 85.0 Å². The topological polar surface area (TPSA) is 52.0 Å². The van der Waals surface area contributed by atoms with Gasteiger partial charge in [0.25, 0.3) is 0 Å². The molecule has 3 heteroatoms. The fourth-order valence-corrected chi connectivity index (χ4v) is 1.12. The van der Waals surface area contributed by atoms with Gasteiger partial charge in [0.05, 0.1) is 12.2 Å². The highest BCUT2D eigenvalue weighted by Gasteiger charge is 1.98. The molecule has 0 aliphatic carbocycles. The minimum absolute atomic E-state index is 0.615. The largest absolute Gasteiger partial charge is 0.346 e. The molecule has 0 radical (unpaired) electrons. The molecule has 0 heterocycles. The number of nitrogens with one attached hydrogen (secondary N) is 2. The summed E-state index contributed by atoms with van der Waals surface area (Å²) >= 11 is 0. The van der Waals surface area contributed by atoms with Crippen molar-refractivity contribution in [1.29, 1.82) is 0 Å². The van der Waals surface area contributed by atoms with Crippen molar-refractivity contribution in [2.75, 3.05) is 11.9 Å². The Morgan fingerprint density at radius 3 is 2.71 bits per heavy atom. The lowest BCUT2D eigenvalue weighted by atomic mass is 10.3. The molecule has 0 fully saturated rings. The molecular weight excluding hydrogens is 174 g/mol. The number of hydrogen-bond acceptors (Lipinski definition) is 0. The molecule has 0 bridgehead atoms. The molecule has 4 N–H and O–H groups in total. The highest BCUT2D eigenvalue weighted by Crippen LogP contribution is 2.02. The average molecular weight is 192 g/mol. The fourth-order valence-electron chi connectivity index (χ4n) is 1.12. The third kappa shape index (κ3) is 3.94. The van der Waals surface area contributed by atoms with Crippen LogP contribution in [0.5, 0.6) is 0 Å². The molecule has 0 aliphatic heterocycles. The molecule has 0 amide bonds. The Kier molecular flexibility index (Phi) is 4.55. The van der Waals surface area contributed by atoms with E-state index in [1.807, 2.05) is 30.3 Å². The van der Waals surface area contributed by atoms with E-state index < -0.39 is 0 Å². The lowest BCUT2D eigenvalue weighted by molar-refractivity contribution is -0.458. The molecule has 1 rings (SSSR count). The number of nitrogens with two attached hydrogens (primary N) is 1. The minimum Gasteiger partial charge on any atom is -0.291 e. The third-order valence-electron chi connectivity index (χ3n) is 1.90. The van der Waals surface area contributed by atoms with Crippen molar-refractivity contribution < 1.29 is 4.99 Å². The summed E-state index contributed by atoms with van der Waals surface area (Å²) in [6, 6.07) is 9.89. The Morgan fingerprint density at radius 2 is 2.07 bits per heavy atom. The van der Waals surface area contributed by atoms with Crippen molar-refractivity contribution in [2.24, 2.45) is 5.73 Å². The molecule has 0 spiro atoms. The summed E-state index contributed by atoms with van der Waals surface area (Å²) in [7, 11) is 0. The molecule has 0 atom stereocenters. The number of anilines is 1. The van der Waals surface area contributed by atoms with E-state index in [0.717, 1.165) is 18.7 Å². The van der Waals surface area contributed by atoms with Crippen LogP contribution in [0.3, 0.4) is 0 Å². The predicted molar refractivity (Wildman–Crippen MR) is 60.0 cm³/mol. The van der Waals surface area contributed by atoms with E-state index in [0.29, 0.717) is 5.96 Å². The van der Waals surface area contributed by atoms with Gasteiger partial charge in [-0.05, 0) is 18.6 Å². The first kappa shape index (κ1) is 10.6. The molecule has 0 aliphatic rings. The van der Waals surface area contributed by atoms with Gasteiger partial charge in [0.15, 0.2) is 0 Å². The summed E-state index contributed by atoms with van der Waals surface area (Å²) in [5.74, 6) is 0.615. The highest BCUT2D eigenvalue weighted by atomic mass is 15.1. The number of para-hydroxylation sites is 1. The SMILES string of the molecule is CCCC[NH+]=C(N)Nc1ccccc1. The van der Waals surface area contributed by atoms with E-state index >= 15 is 0 Å². The van der Waals surface area contributed by atoms with E-state index in [1.165, 1.54) is 6.42 Å². The number of benzene rings is 1. The van der Waals surface area contributed by atoms with Crippen LogP contribution in [0.4, 0.5) is 5.69 Å². The molecule has 3 nitrogen and oxygen atoms in total. The molecule has 76 valence electrons. The monoisotopic (exact) mass is 192 g/mol. The first-order chi connectivity index (χ1) is 6.83. The summed E-state index contributed by atoms with van der Waals surface area (Å²) in [4.78, 5) is 3.12. The maximum Gasteiger partial charge on any atom is 0.346 e. The summed E-state index contributed by atoms with van der Waals surface area (Å²) in [6.45, 7) is 3.07. The lowest BCUT2D eigenvalue weighted by Gasteiger charge is -1.98. The number of unbranched alkanes of at least 4 members (excludes halogenated alkanes) is 1. The summed E-state index contributed by atoms with van der Waals surface area (Å²) < 4.78 is 0. The van der Waals surface area contributed by atoms with Crippen LogP contribution < -0.4 is 16.0 Å². The minimum atomic E-state index is 0.615. The smallest absolute Gasteiger partial charge is 0.291 e. The van der Waals surface area contributed by atoms with Gasteiger partial charge in [0, 0.05) is 0 Å². The molecular formula is C11H18N3+. The normalized spacial score (nSPS) is 11.4. The summed E-state index contributed by atoms with van der Waals surface area (Å²) in [5.41, 5.74) is 6.75. The van der Waals surface area contributed by atoms with Gasteiger partial charge in [0.2, 0.25) is 0 Å². The van der Waals surface area contributed by atoms with Crippen LogP contribution in [0.15, 0.2) is 30.3 Å². The van der Waals surface area contributed by atoms with Gasteiger partial charge in [-0.15, -0.1) is 0 Å². The van der Waals surface area contributed by atoms with Crippen LogP contribution in [-0.2, 0) is 0 Å². The second-order valence-electron chi connectivity index (χ2n) is 3.19. The van der Waals surface area contributed by atoms with Crippen molar-refractivity contribution in [1.82, 2.24) is 0 Å². The van der Waals surface area contributed by atoms with Gasteiger partial charge in [-0.25, -0.2) is 5.32 Å². The first-order valence-corrected chi connectivity index (χ1v) is 5.01. The van der Waals surface area contributed by atoms with E-state index in [9.17, 15) is 0 Å². The Morgan fingerprint density at radius 1 is 1.36 bits per heavy atom. The molecule has 0 aromatic heterocycles. The molecule has 0 saturated heterocycles. The quantitative estimate of drug-likeness (QED) is 0.365. The van der Waals surface area contributed by atoms with Crippen LogP contribution in [0.2, 0.25) is 0 Å². The molecule has 0 saturated carbocycles. The van der Waals surface area contributed by atoms with E-state index in [2.05, 4.69) is 17.2 Å². The molecule has 1 aromatic carbocycles. The number of hydrogen-bond donors (Lipinski definition) is 3.